The third-order valence-corrected chi connectivity index (χ3v) is 14.9. The lowest BCUT2D eigenvalue weighted by Gasteiger charge is -2.65. The van der Waals surface area contributed by atoms with Crippen molar-refractivity contribution in [1.82, 2.24) is 14.4 Å². The van der Waals surface area contributed by atoms with Crippen LogP contribution in [0.2, 0.25) is 0 Å². The number of ether oxygens (including phenoxy) is 2. The van der Waals surface area contributed by atoms with Crippen molar-refractivity contribution < 1.29 is 14.3 Å². The Morgan fingerprint density at radius 2 is 1.90 bits per heavy atom. The van der Waals surface area contributed by atoms with Crippen LogP contribution in [0.25, 0.3) is 10.9 Å². The normalized spacial score (nSPS) is 38.9. The maximum absolute atomic E-state index is 13.9. The van der Waals surface area contributed by atoms with E-state index in [1.807, 2.05) is 0 Å². The molecule has 0 saturated carbocycles. The molecule has 0 N–H and O–H groups in total. The fourth-order valence-corrected chi connectivity index (χ4v) is 12.9. The fraction of sp³-hybridized carbons (Fsp3) is 0.585. The number of hydrogen-bond acceptors (Lipinski definition) is 6. The highest BCUT2D eigenvalue weighted by molar-refractivity contribution is 5.86. The minimum absolute atomic E-state index is 0.0679. The highest BCUT2D eigenvalue weighted by atomic mass is 16.5. The molecule has 10 atom stereocenters. The summed E-state index contributed by atoms with van der Waals surface area (Å²) in [6, 6.07) is 19.2. The molecule has 7 aliphatic heterocycles. The average Bonchev–Trinajstić information content (AvgIpc) is 3.56. The van der Waals surface area contributed by atoms with Crippen molar-refractivity contribution in [3.05, 3.63) is 77.0 Å². The summed E-state index contributed by atoms with van der Waals surface area (Å²) in [4.78, 5) is 22.1. The van der Waals surface area contributed by atoms with Gasteiger partial charge in [-0.2, -0.15) is 0 Å². The van der Waals surface area contributed by atoms with Crippen LogP contribution < -0.4 is 4.90 Å². The zero-order valence-electron chi connectivity index (χ0n) is 29.0. The van der Waals surface area contributed by atoms with Gasteiger partial charge in [0.15, 0.2) is 0 Å². The number of likely N-dealkylation sites (N-methyl/N-ethyl adjacent to an activating group) is 1. The Balaban J connectivity index is 1.03. The number of hydrogen-bond donors (Lipinski definition) is 0. The van der Waals surface area contributed by atoms with Crippen molar-refractivity contribution >= 4 is 22.6 Å². The Labute approximate surface area is 284 Å². The number of rotatable bonds is 4. The maximum Gasteiger partial charge on any atom is 0.329 e. The minimum atomic E-state index is -0.271. The molecule has 7 heteroatoms. The number of piperidine rings is 4. The van der Waals surface area contributed by atoms with Crippen molar-refractivity contribution in [2.75, 3.05) is 45.4 Å². The fourth-order valence-electron chi connectivity index (χ4n) is 12.9. The number of aromatic nitrogens is 1. The summed E-state index contributed by atoms with van der Waals surface area (Å²) in [6.07, 6.45) is 9.04. The zero-order valence-corrected chi connectivity index (χ0v) is 29.0. The third-order valence-electron chi connectivity index (χ3n) is 14.9. The molecule has 10 rings (SSSR count). The van der Waals surface area contributed by atoms with Gasteiger partial charge in [0, 0.05) is 72.3 Å². The number of nitrogens with zero attached hydrogens (tertiary/aromatic N) is 4. The second kappa shape index (κ2) is 10.7. The third kappa shape index (κ3) is 3.73. The SMILES string of the molecule is C/C=C1/CN2CC[C@@H]3c4ccccc4N4C(C(=O)OC)[C@H]1C[C@H]2[C@]34CCC1COC[C@@H]2[C@H]1C[C@H]1c3c(c4ccccc4n3C)C[C@@H]2N1C. The van der Waals surface area contributed by atoms with Gasteiger partial charge >= 0.3 is 5.97 Å². The van der Waals surface area contributed by atoms with Crippen LogP contribution in [0.4, 0.5) is 5.69 Å². The zero-order chi connectivity index (χ0) is 32.5. The van der Waals surface area contributed by atoms with Crippen molar-refractivity contribution in [3.63, 3.8) is 0 Å². The molecule has 0 amide bonds. The maximum atomic E-state index is 13.9. The molecule has 8 heterocycles. The first-order valence-corrected chi connectivity index (χ1v) is 18.7. The van der Waals surface area contributed by atoms with Gasteiger partial charge in [-0.15, -0.1) is 0 Å². The number of methoxy groups -OCH3 is 1. The molecule has 5 fully saturated rings. The monoisotopic (exact) mass is 646 g/mol. The lowest BCUT2D eigenvalue weighted by atomic mass is 9.59. The molecule has 2 unspecified atom stereocenters. The molecule has 0 aliphatic carbocycles. The van der Waals surface area contributed by atoms with Crippen LogP contribution in [0.15, 0.2) is 60.2 Å². The van der Waals surface area contributed by atoms with Gasteiger partial charge in [-0.1, -0.05) is 48.0 Å². The highest BCUT2D eigenvalue weighted by Crippen LogP contribution is 2.63. The topological polar surface area (TPSA) is 50.2 Å². The van der Waals surface area contributed by atoms with Crippen molar-refractivity contribution in [3.8, 4) is 0 Å². The number of fused-ring (bicyclic) bond motifs is 12. The van der Waals surface area contributed by atoms with Gasteiger partial charge in [-0.25, -0.2) is 4.79 Å². The smallest absolute Gasteiger partial charge is 0.329 e. The van der Waals surface area contributed by atoms with Gasteiger partial charge in [0.25, 0.3) is 0 Å². The van der Waals surface area contributed by atoms with E-state index in [1.165, 1.54) is 34.1 Å². The summed E-state index contributed by atoms with van der Waals surface area (Å²) >= 11 is 0. The van der Waals surface area contributed by atoms with Crippen LogP contribution in [0.3, 0.4) is 0 Å². The second-order valence-corrected chi connectivity index (χ2v) is 16.2. The first kappa shape index (κ1) is 29.8. The van der Waals surface area contributed by atoms with Crippen LogP contribution in [-0.2, 0) is 27.7 Å². The first-order chi connectivity index (χ1) is 23.5. The summed E-state index contributed by atoms with van der Waals surface area (Å²) in [7, 11) is 6.25. The number of aryl methyl sites for hydroxylation is 1. The van der Waals surface area contributed by atoms with Gasteiger partial charge < -0.3 is 18.9 Å². The Hall–Kier alpha value is -3.13. The summed E-state index contributed by atoms with van der Waals surface area (Å²) in [5, 5.41) is 1.44. The van der Waals surface area contributed by atoms with Crippen LogP contribution in [0, 0.1) is 23.7 Å². The van der Waals surface area contributed by atoms with E-state index in [-0.39, 0.29) is 23.5 Å². The molecule has 7 nitrogen and oxygen atoms in total. The average molecular weight is 647 g/mol. The molecule has 2 aromatic carbocycles. The van der Waals surface area contributed by atoms with Crippen molar-refractivity contribution in [1.29, 1.82) is 0 Å². The summed E-state index contributed by atoms with van der Waals surface area (Å²) in [5.74, 6) is 2.30. The largest absolute Gasteiger partial charge is 0.467 e. The first-order valence-electron chi connectivity index (χ1n) is 18.7. The van der Waals surface area contributed by atoms with E-state index in [0.29, 0.717) is 41.8 Å². The van der Waals surface area contributed by atoms with E-state index in [9.17, 15) is 4.79 Å². The van der Waals surface area contributed by atoms with E-state index >= 15 is 0 Å². The van der Waals surface area contributed by atoms with Crippen LogP contribution in [-0.4, -0.2) is 84.5 Å². The molecule has 7 aliphatic rings. The Bertz CT molecular complexity index is 1830. The quantitative estimate of drug-likeness (QED) is 0.253. The molecular formula is C41H50N4O3. The number of carbonyl (C=O) groups excluding carboxylic acids is 1. The molecule has 1 aromatic heterocycles. The lowest BCUT2D eigenvalue weighted by molar-refractivity contribution is -0.147. The molecule has 0 spiro atoms. The Kier molecular flexibility index (Phi) is 6.62. The van der Waals surface area contributed by atoms with Crippen molar-refractivity contribution in [2.45, 2.75) is 81.1 Å². The molecule has 5 saturated heterocycles. The van der Waals surface area contributed by atoms with Crippen LogP contribution >= 0.6 is 0 Å². The number of esters is 1. The standard InChI is InChI=1S/C41H50N4O3/c1-5-24-21-44-17-15-32-27-11-7-9-13-34(27)45-39(40(46)47-4)29(24)20-37(44)41(32,45)16-14-25-22-48-23-31-28(25)18-36-38-30(19-35(31)42(36)2)26-10-6-8-12-33(26)43(38)3/h5-13,25,28-29,31-32,35-37,39H,14-23H2,1-4H3/b24-5-/t25?,28-,29-,31+,32+,35-,36-,37-,39?,41-/m0/s1. The van der Waals surface area contributed by atoms with Gasteiger partial charge in [0.2, 0.25) is 0 Å². The molecule has 48 heavy (non-hydrogen) atoms. The van der Waals surface area contributed by atoms with Gasteiger partial charge in [0.05, 0.1) is 25.3 Å². The Morgan fingerprint density at radius 1 is 1.06 bits per heavy atom. The predicted molar refractivity (Wildman–Crippen MR) is 188 cm³/mol. The summed E-state index contributed by atoms with van der Waals surface area (Å²) < 4.78 is 14.7. The van der Waals surface area contributed by atoms with Crippen molar-refractivity contribution in [2.24, 2.45) is 30.7 Å². The number of benzene rings is 2. The predicted octanol–water partition coefficient (Wildman–Crippen LogP) is 6.08. The Morgan fingerprint density at radius 3 is 2.75 bits per heavy atom. The summed E-state index contributed by atoms with van der Waals surface area (Å²) in [5.41, 5.74) is 8.53. The van der Waals surface area contributed by atoms with E-state index in [0.717, 1.165) is 58.4 Å². The molecule has 252 valence electrons. The van der Waals surface area contributed by atoms with E-state index in [4.69, 9.17) is 9.47 Å². The number of allylic oxidation sites excluding steroid dienone is 1. The molecule has 3 aromatic rings. The van der Waals surface area contributed by atoms with Gasteiger partial charge in [0.1, 0.15) is 6.04 Å². The second-order valence-electron chi connectivity index (χ2n) is 16.2. The van der Waals surface area contributed by atoms with E-state index in [2.05, 4.69) is 94.9 Å². The minimum Gasteiger partial charge on any atom is -0.467 e. The molecule has 4 bridgehead atoms. The lowest BCUT2D eigenvalue weighted by Crippen LogP contribution is -2.76. The van der Waals surface area contributed by atoms with Gasteiger partial charge in [-0.05, 0) is 94.1 Å². The number of anilines is 1. The summed E-state index contributed by atoms with van der Waals surface area (Å²) in [6.45, 7) is 6.02. The highest BCUT2D eigenvalue weighted by Gasteiger charge is 2.67. The van der Waals surface area contributed by atoms with Crippen LogP contribution in [0.5, 0.6) is 0 Å². The van der Waals surface area contributed by atoms with E-state index < -0.39 is 0 Å². The molecule has 0 radical (unpaired) electrons. The van der Waals surface area contributed by atoms with Crippen LogP contribution in [0.1, 0.15) is 67.8 Å². The number of para-hydroxylation sites is 2. The van der Waals surface area contributed by atoms with E-state index in [1.54, 1.807) is 18.4 Å². The molecular weight excluding hydrogens is 596 g/mol. The van der Waals surface area contributed by atoms with Gasteiger partial charge in [-0.3, -0.25) is 9.80 Å². The number of carbonyl (C=O) groups is 1.